The highest BCUT2D eigenvalue weighted by Crippen LogP contribution is 2.42. The first kappa shape index (κ1) is 19.5. The second-order valence-corrected chi connectivity index (χ2v) is 9.07. The van der Waals surface area contributed by atoms with Gasteiger partial charge < -0.3 is 0 Å². The van der Waals surface area contributed by atoms with Gasteiger partial charge in [0.05, 0.1) is 10.6 Å². The summed E-state index contributed by atoms with van der Waals surface area (Å²) in [6, 6.07) is 11.5. The molecule has 1 heterocycles. The van der Waals surface area contributed by atoms with Gasteiger partial charge in [0.25, 0.3) is 0 Å². The SMILES string of the molecule is Cc1ccc(C(C)(c2cc(F)ccc2F)S(=O)(=O)c2ccc(Cl)cc2)nc1. The molecule has 0 saturated carbocycles. The number of aromatic nitrogens is 1. The van der Waals surface area contributed by atoms with Crippen molar-refractivity contribution in [2.24, 2.45) is 0 Å². The van der Waals surface area contributed by atoms with Crippen LogP contribution in [0.25, 0.3) is 0 Å². The van der Waals surface area contributed by atoms with Gasteiger partial charge in [-0.2, -0.15) is 0 Å². The molecule has 0 radical (unpaired) electrons. The van der Waals surface area contributed by atoms with Crippen molar-refractivity contribution in [2.75, 3.05) is 0 Å². The summed E-state index contributed by atoms with van der Waals surface area (Å²) in [5.41, 5.74) is 0.589. The Morgan fingerprint density at radius 1 is 1.00 bits per heavy atom. The number of rotatable bonds is 4. The van der Waals surface area contributed by atoms with Crippen molar-refractivity contribution in [3.8, 4) is 0 Å². The molecule has 0 N–H and O–H groups in total. The zero-order chi connectivity index (χ0) is 19.8. The lowest BCUT2D eigenvalue weighted by Gasteiger charge is -2.30. The van der Waals surface area contributed by atoms with E-state index < -0.39 is 26.2 Å². The Morgan fingerprint density at radius 2 is 1.67 bits per heavy atom. The van der Waals surface area contributed by atoms with Crippen LogP contribution in [0.15, 0.2) is 65.7 Å². The molecule has 3 aromatic rings. The largest absolute Gasteiger partial charge is 0.259 e. The fourth-order valence-electron chi connectivity index (χ4n) is 2.88. The van der Waals surface area contributed by atoms with E-state index in [0.29, 0.717) is 5.02 Å². The molecule has 1 atom stereocenters. The first-order valence-electron chi connectivity index (χ1n) is 8.05. The van der Waals surface area contributed by atoms with Crippen LogP contribution in [0.3, 0.4) is 0 Å². The minimum absolute atomic E-state index is 0.0690. The summed E-state index contributed by atoms with van der Waals surface area (Å²) in [7, 11) is -4.20. The van der Waals surface area contributed by atoms with Crippen LogP contribution in [-0.4, -0.2) is 13.4 Å². The Bertz CT molecular complexity index is 1080. The van der Waals surface area contributed by atoms with Gasteiger partial charge in [0, 0.05) is 16.8 Å². The summed E-state index contributed by atoms with van der Waals surface area (Å²) in [5, 5.41) is 0.362. The maximum atomic E-state index is 14.7. The van der Waals surface area contributed by atoms with E-state index in [9.17, 15) is 17.2 Å². The molecule has 1 aromatic heterocycles. The minimum Gasteiger partial charge on any atom is -0.259 e. The monoisotopic (exact) mass is 407 g/mol. The highest BCUT2D eigenvalue weighted by Gasteiger charge is 2.46. The summed E-state index contributed by atoms with van der Waals surface area (Å²) in [6.45, 7) is 3.12. The maximum absolute atomic E-state index is 14.7. The van der Waals surface area contributed by atoms with Gasteiger partial charge in [-0.05, 0) is 67.9 Å². The average molecular weight is 408 g/mol. The maximum Gasteiger partial charge on any atom is 0.193 e. The first-order valence-corrected chi connectivity index (χ1v) is 9.91. The third-order valence-corrected chi connectivity index (χ3v) is 7.15. The molecule has 0 aliphatic carbocycles. The van der Waals surface area contributed by atoms with Gasteiger partial charge >= 0.3 is 0 Å². The molecule has 0 fully saturated rings. The smallest absolute Gasteiger partial charge is 0.193 e. The molecule has 2 aromatic carbocycles. The summed E-state index contributed by atoms with van der Waals surface area (Å²) >= 11 is 5.86. The molecule has 1 unspecified atom stereocenters. The van der Waals surface area contributed by atoms with Gasteiger partial charge in [-0.25, -0.2) is 17.2 Å². The van der Waals surface area contributed by atoms with Crippen molar-refractivity contribution in [3.05, 3.63) is 94.3 Å². The van der Waals surface area contributed by atoms with E-state index in [4.69, 9.17) is 11.6 Å². The van der Waals surface area contributed by atoms with Crippen LogP contribution in [0.2, 0.25) is 5.02 Å². The van der Waals surface area contributed by atoms with Crippen LogP contribution >= 0.6 is 11.6 Å². The molecule has 0 bridgehead atoms. The number of hydrogen-bond donors (Lipinski definition) is 0. The van der Waals surface area contributed by atoms with E-state index in [1.54, 1.807) is 13.0 Å². The third-order valence-electron chi connectivity index (χ3n) is 4.50. The van der Waals surface area contributed by atoms with Crippen LogP contribution in [0.1, 0.15) is 23.7 Å². The topological polar surface area (TPSA) is 47.0 Å². The van der Waals surface area contributed by atoms with Gasteiger partial charge in [0.1, 0.15) is 16.4 Å². The lowest BCUT2D eigenvalue weighted by atomic mass is 9.95. The highest BCUT2D eigenvalue weighted by molar-refractivity contribution is 7.92. The lowest BCUT2D eigenvalue weighted by Crippen LogP contribution is -2.36. The molecule has 0 amide bonds. The fraction of sp³-hybridized carbons (Fsp3) is 0.150. The number of halogens is 3. The van der Waals surface area contributed by atoms with Crippen molar-refractivity contribution >= 4 is 21.4 Å². The Hall–Kier alpha value is -2.31. The summed E-state index contributed by atoms with van der Waals surface area (Å²) < 4.78 is 53.7. The predicted octanol–water partition coefficient (Wildman–Crippen LogP) is 5.06. The number of hydrogen-bond acceptors (Lipinski definition) is 3. The van der Waals surface area contributed by atoms with Crippen molar-refractivity contribution in [3.63, 3.8) is 0 Å². The lowest BCUT2D eigenvalue weighted by molar-refractivity contribution is 0.533. The van der Waals surface area contributed by atoms with Gasteiger partial charge in [0.15, 0.2) is 9.84 Å². The van der Waals surface area contributed by atoms with Gasteiger partial charge in [-0.1, -0.05) is 17.7 Å². The van der Waals surface area contributed by atoms with Gasteiger partial charge in [0.2, 0.25) is 0 Å². The average Bonchev–Trinajstić information content (AvgIpc) is 2.64. The summed E-state index contributed by atoms with van der Waals surface area (Å²) in [6.07, 6.45) is 1.49. The van der Waals surface area contributed by atoms with Crippen molar-refractivity contribution in [2.45, 2.75) is 23.5 Å². The third kappa shape index (κ3) is 3.35. The van der Waals surface area contributed by atoms with Gasteiger partial charge in [-0.15, -0.1) is 0 Å². The van der Waals surface area contributed by atoms with Crippen LogP contribution < -0.4 is 0 Å². The molecule has 0 saturated heterocycles. The number of aryl methyl sites for hydroxylation is 1. The minimum atomic E-state index is -4.20. The Morgan fingerprint density at radius 3 is 2.26 bits per heavy atom. The number of pyridine rings is 1. The van der Waals surface area contributed by atoms with Crippen LogP contribution in [0.5, 0.6) is 0 Å². The molecule has 0 spiro atoms. The zero-order valence-corrected chi connectivity index (χ0v) is 16.2. The Labute approximate surface area is 161 Å². The molecular weight excluding hydrogens is 392 g/mol. The van der Waals surface area contributed by atoms with E-state index in [0.717, 1.165) is 23.8 Å². The van der Waals surface area contributed by atoms with E-state index in [2.05, 4.69) is 4.98 Å². The van der Waals surface area contributed by atoms with Crippen molar-refractivity contribution in [1.82, 2.24) is 4.98 Å². The molecule has 27 heavy (non-hydrogen) atoms. The fourth-order valence-corrected chi connectivity index (χ4v) is 4.82. The van der Waals surface area contributed by atoms with E-state index in [-0.39, 0.29) is 16.2 Å². The molecule has 3 nitrogen and oxygen atoms in total. The van der Waals surface area contributed by atoms with E-state index in [1.165, 1.54) is 43.5 Å². The van der Waals surface area contributed by atoms with Crippen molar-refractivity contribution in [1.29, 1.82) is 0 Å². The number of nitrogens with zero attached hydrogens (tertiary/aromatic N) is 1. The second-order valence-electron chi connectivity index (χ2n) is 6.34. The van der Waals surface area contributed by atoms with E-state index in [1.807, 2.05) is 0 Å². The van der Waals surface area contributed by atoms with Crippen LogP contribution in [0, 0.1) is 18.6 Å². The molecule has 0 aliphatic rings. The van der Waals surface area contributed by atoms with Crippen LogP contribution in [0.4, 0.5) is 8.78 Å². The zero-order valence-electron chi connectivity index (χ0n) is 14.6. The van der Waals surface area contributed by atoms with E-state index >= 15 is 0 Å². The number of sulfone groups is 1. The van der Waals surface area contributed by atoms with Crippen LogP contribution in [-0.2, 0) is 14.6 Å². The van der Waals surface area contributed by atoms with Gasteiger partial charge in [-0.3, -0.25) is 4.98 Å². The first-order chi connectivity index (χ1) is 12.7. The summed E-state index contributed by atoms with van der Waals surface area (Å²) in [4.78, 5) is 4.14. The number of benzene rings is 2. The standard InChI is InChI=1S/C20H16ClF2NO2S/c1-13-3-10-19(24-12-13)20(2,17-11-15(22)6-9-18(17)23)27(25,26)16-7-4-14(21)5-8-16/h3-12H,1-2H3. The highest BCUT2D eigenvalue weighted by atomic mass is 35.5. The van der Waals surface area contributed by atoms with Crippen molar-refractivity contribution < 1.29 is 17.2 Å². The molecule has 0 aliphatic heterocycles. The second kappa shape index (κ2) is 7.02. The Balaban J connectivity index is 2.35. The quantitative estimate of drug-likeness (QED) is 0.607. The summed E-state index contributed by atoms with van der Waals surface area (Å²) in [5.74, 6) is -1.57. The normalized spacial score (nSPS) is 14.0. The molecule has 7 heteroatoms. The predicted molar refractivity (Wildman–Crippen MR) is 100 cm³/mol. The Kier molecular flexibility index (Phi) is 5.06. The molecule has 3 rings (SSSR count). The molecular formula is C20H16ClF2NO2S. The molecule has 140 valence electrons.